The SMILES string of the molecule is C=C/C=C(/C#N)C=C.CC.CCOc1ccc(C)cc1. The van der Waals surface area contributed by atoms with Crippen molar-refractivity contribution in [3.05, 3.63) is 66.8 Å². The Kier molecular flexibility index (Phi) is 14.8. The molecule has 2 heteroatoms. The van der Waals surface area contributed by atoms with E-state index in [1.54, 1.807) is 12.2 Å². The summed E-state index contributed by atoms with van der Waals surface area (Å²) in [5.74, 6) is 0.952. The van der Waals surface area contributed by atoms with Crippen LogP contribution in [0.2, 0.25) is 0 Å². The Hall–Kier alpha value is -2.27. The first-order chi connectivity index (χ1) is 9.67. The van der Waals surface area contributed by atoms with E-state index in [-0.39, 0.29) is 0 Å². The molecule has 0 radical (unpaired) electrons. The van der Waals surface area contributed by atoms with E-state index in [2.05, 4.69) is 20.1 Å². The highest BCUT2D eigenvalue weighted by molar-refractivity contribution is 5.33. The number of nitriles is 1. The van der Waals surface area contributed by atoms with Gasteiger partial charge in [-0.3, -0.25) is 0 Å². The summed E-state index contributed by atoms with van der Waals surface area (Å²) < 4.78 is 5.26. The van der Waals surface area contributed by atoms with Gasteiger partial charge in [-0.15, -0.1) is 0 Å². The molecule has 1 aromatic carbocycles. The van der Waals surface area contributed by atoms with Gasteiger partial charge in [-0.05, 0) is 32.1 Å². The van der Waals surface area contributed by atoms with Crippen molar-refractivity contribution < 1.29 is 4.74 Å². The predicted molar refractivity (Wildman–Crippen MR) is 87.8 cm³/mol. The van der Waals surface area contributed by atoms with E-state index in [0.717, 1.165) is 12.4 Å². The summed E-state index contributed by atoms with van der Waals surface area (Å²) in [5.41, 5.74) is 1.81. The minimum absolute atomic E-state index is 0.542. The zero-order chi connectivity index (χ0) is 15.8. The summed E-state index contributed by atoms with van der Waals surface area (Å²) in [6.07, 6.45) is 4.65. The lowest BCUT2D eigenvalue weighted by molar-refractivity contribution is 0.340. The fraction of sp³-hybridized carbons (Fsp3) is 0.278. The van der Waals surface area contributed by atoms with Crippen LogP contribution in [0.25, 0.3) is 0 Å². The third-order valence-electron chi connectivity index (χ3n) is 1.98. The van der Waals surface area contributed by atoms with E-state index in [4.69, 9.17) is 10.00 Å². The van der Waals surface area contributed by atoms with Crippen LogP contribution >= 0.6 is 0 Å². The maximum absolute atomic E-state index is 8.22. The molecule has 0 fully saturated rings. The van der Waals surface area contributed by atoms with Crippen LogP contribution in [0.4, 0.5) is 0 Å². The van der Waals surface area contributed by atoms with Crippen LogP contribution < -0.4 is 4.74 Å². The highest BCUT2D eigenvalue weighted by atomic mass is 16.5. The molecule has 108 valence electrons. The molecular formula is C18H25NO. The Morgan fingerprint density at radius 2 is 1.80 bits per heavy atom. The minimum Gasteiger partial charge on any atom is -0.494 e. The number of hydrogen-bond donors (Lipinski definition) is 0. The Balaban J connectivity index is 0. The average Bonchev–Trinajstić information content (AvgIpc) is 2.50. The predicted octanol–water partition coefficient (Wildman–Crippen LogP) is 5.23. The first-order valence-electron chi connectivity index (χ1n) is 6.72. The molecular weight excluding hydrogens is 246 g/mol. The molecule has 0 amide bonds. The van der Waals surface area contributed by atoms with Gasteiger partial charge in [-0.25, -0.2) is 0 Å². The molecule has 1 rings (SSSR count). The van der Waals surface area contributed by atoms with E-state index >= 15 is 0 Å². The van der Waals surface area contributed by atoms with Gasteiger partial charge in [0.2, 0.25) is 0 Å². The molecule has 0 atom stereocenters. The Bertz CT molecular complexity index is 435. The number of rotatable bonds is 4. The van der Waals surface area contributed by atoms with Gasteiger partial charge in [-0.2, -0.15) is 5.26 Å². The molecule has 0 aliphatic heterocycles. The molecule has 0 aliphatic rings. The number of nitrogens with zero attached hydrogens (tertiary/aromatic N) is 1. The lowest BCUT2D eigenvalue weighted by Crippen LogP contribution is -1.90. The Morgan fingerprint density at radius 3 is 2.10 bits per heavy atom. The third-order valence-corrected chi connectivity index (χ3v) is 1.98. The smallest absolute Gasteiger partial charge is 0.119 e. The number of aryl methyl sites for hydroxylation is 1. The first kappa shape index (κ1) is 20.1. The van der Waals surface area contributed by atoms with Crippen molar-refractivity contribution in [2.75, 3.05) is 6.61 Å². The van der Waals surface area contributed by atoms with Crippen molar-refractivity contribution in [2.45, 2.75) is 27.7 Å². The molecule has 1 aromatic rings. The fourth-order valence-corrected chi connectivity index (χ4v) is 1.08. The van der Waals surface area contributed by atoms with Crippen LogP contribution in [-0.2, 0) is 0 Å². The van der Waals surface area contributed by atoms with E-state index < -0.39 is 0 Å². The van der Waals surface area contributed by atoms with Crippen molar-refractivity contribution in [2.24, 2.45) is 0 Å². The second-order valence-corrected chi connectivity index (χ2v) is 3.42. The van der Waals surface area contributed by atoms with Crippen molar-refractivity contribution in [1.82, 2.24) is 0 Å². The van der Waals surface area contributed by atoms with Crippen LogP contribution in [0.5, 0.6) is 5.75 Å². The van der Waals surface area contributed by atoms with Gasteiger partial charge in [0, 0.05) is 0 Å². The van der Waals surface area contributed by atoms with Crippen molar-refractivity contribution in [3.8, 4) is 11.8 Å². The van der Waals surface area contributed by atoms with E-state index in [1.165, 1.54) is 11.6 Å². The second-order valence-electron chi connectivity index (χ2n) is 3.42. The summed E-state index contributed by atoms with van der Waals surface area (Å²) in [6.45, 7) is 15.6. The van der Waals surface area contributed by atoms with Crippen LogP contribution in [0.1, 0.15) is 26.3 Å². The van der Waals surface area contributed by atoms with Crippen LogP contribution in [-0.4, -0.2) is 6.61 Å². The zero-order valence-corrected chi connectivity index (χ0v) is 13.0. The molecule has 0 heterocycles. The molecule has 20 heavy (non-hydrogen) atoms. The van der Waals surface area contributed by atoms with E-state index in [9.17, 15) is 0 Å². The quantitative estimate of drug-likeness (QED) is 0.555. The monoisotopic (exact) mass is 271 g/mol. The lowest BCUT2D eigenvalue weighted by atomic mass is 10.2. The summed E-state index contributed by atoms with van der Waals surface area (Å²) in [7, 11) is 0. The van der Waals surface area contributed by atoms with Crippen molar-refractivity contribution in [1.29, 1.82) is 5.26 Å². The van der Waals surface area contributed by atoms with Gasteiger partial charge >= 0.3 is 0 Å². The molecule has 0 unspecified atom stereocenters. The normalized spacial score (nSPS) is 8.85. The van der Waals surface area contributed by atoms with Gasteiger partial charge < -0.3 is 4.74 Å². The van der Waals surface area contributed by atoms with Crippen molar-refractivity contribution in [3.63, 3.8) is 0 Å². The summed E-state index contributed by atoms with van der Waals surface area (Å²) in [4.78, 5) is 0. The summed E-state index contributed by atoms with van der Waals surface area (Å²) in [6, 6.07) is 9.99. The lowest BCUT2D eigenvalue weighted by Gasteiger charge is -2.01. The molecule has 0 spiro atoms. The van der Waals surface area contributed by atoms with Crippen LogP contribution in [0, 0.1) is 18.3 Å². The number of hydrogen-bond acceptors (Lipinski definition) is 2. The van der Waals surface area contributed by atoms with Crippen LogP contribution in [0.15, 0.2) is 61.2 Å². The van der Waals surface area contributed by atoms with Crippen molar-refractivity contribution >= 4 is 0 Å². The van der Waals surface area contributed by atoms with Crippen LogP contribution in [0.3, 0.4) is 0 Å². The maximum Gasteiger partial charge on any atom is 0.119 e. The first-order valence-corrected chi connectivity index (χ1v) is 6.72. The fourth-order valence-electron chi connectivity index (χ4n) is 1.08. The third kappa shape index (κ3) is 10.9. The average molecular weight is 271 g/mol. The Morgan fingerprint density at radius 1 is 1.25 bits per heavy atom. The standard InChI is InChI=1S/C9H12O.C7H7N.C2H6/c1-3-10-9-6-4-8(2)5-7-9;1-3-5-7(4-2)6-8;1-2/h4-7H,3H2,1-2H3;3-5H,1-2H2;1-2H3/b;7-5+;. The molecule has 2 nitrogen and oxygen atoms in total. The van der Waals surface area contributed by atoms with E-state index in [0.29, 0.717) is 5.57 Å². The molecule has 0 bridgehead atoms. The molecule has 0 aliphatic carbocycles. The maximum atomic E-state index is 8.22. The molecule has 0 saturated heterocycles. The minimum atomic E-state index is 0.542. The van der Waals surface area contributed by atoms with Gasteiger partial charge in [-0.1, -0.05) is 56.9 Å². The number of allylic oxidation sites excluding steroid dienone is 4. The van der Waals surface area contributed by atoms with Gasteiger partial charge in [0.15, 0.2) is 0 Å². The molecule has 0 aromatic heterocycles. The van der Waals surface area contributed by atoms with E-state index in [1.807, 2.05) is 51.1 Å². The van der Waals surface area contributed by atoms with Gasteiger partial charge in [0.1, 0.15) is 5.75 Å². The summed E-state index contributed by atoms with van der Waals surface area (Å²) >= 11 is 0. The topological polar surface area (TPSA) is 33.0 Å². The van der Waals surface area contributed by atoms with Gasteiger partial charge in [0.25, 0.3) is 0 Å². The highest BCUT2D eigenvalue weighted by Crippen LogP contribution is 2.10. The molecule has 0 saturated carbocycles. The highest BCUT2D eigenvalue weighted by Gasteiger charge is 1.87. The zero-order valence-electron chi connectivity index (χ0n) is 13.0. The largest absolute Gasteiger partial charge is 0.494 e. The molecule has 0 N–H and O–H groups in total. The van der Waals surface area contributed by atoms with Gasteiger partial charge in [0.05, 0.1) is 18.2 Å². The second kappa shape index (κ2) is 14.8. The summed E-state index contributed by atoms with van der Waals surface area (Å²) in [5, 5.41) is 8.22. The number of benzene rings is 1. The number of ether oxygens (including phenoxy) is 1. The Labute approximate surface area is 123 Å².